The van der Waals surface area contributed by atoms with Crippen LogP contribution >= 0.6 is 0 Å². The van der Waals surface area contributed by atoms with Crippen molar-refractivity contribution in [1.82, 2.24) is 10.5 Å². The monoisotopic (exact) mass is 422 g/mol. The highest BCUT2D eigenvalue weighted by molar-refractivity contribution is 5.96. The number of fused-ring (bicyclic) bond motifs is 1. The first-order valence-electron chi connectivity index (χ1n) is 10.1. The van der Waals surface area contributed by atoms with E-state index >= 15 is 0 Å². The standard InChI is InChI=1S/C26H18N2O4/c29-25(22-14-20-8-4-5-9-23(20)31-26(22)30)27-16-21-15-24(32-28-21)19-12-10-18(11-13-19)17-6-2-1-3-7-17/h1-15H,16H2,(H,27,29). The average molecular weight is 422 g/mol. The topological polar surface area (TPSA) is 85.3 Å². The Morgan fingerprint density at radius 3 is 2.31 bits per heavy atom. The van der Waals surface area contributed by atoms with Gasteiger partial charge in [-0.25, -0.2) is 4.79 Å². The number of aromatic nitrogens is 1. The van der Waals surface area contributed by atoms with Crippen molar-refractivity contribution in [3.8, 4) is 22.5 Å². The van der Waals surface area contributed by atoms with E-state index in [9.17, 15) is 9.59 Å². The largest absolute Gasteiger partial charge is 0.422 e. The van der Waals surface area contributed by atoms with Crippen LogP contribution in [0.5, 0.6) is 0 Å². The Balaban J connectivity index is 1.28. The quantitative estimate of drug-likeness (QED) is 0.401. The van der Waals surface area contributed by atoms with Crippen LogP contribution in [0, 0.1) is 0 Å². The summed E-state index contributed by atoms with van der Waals surface area (Å²) in [6.45, 7) is 0.122. The number of amides is 1. The fraction of sp³-hybridized carbons (Fsp3) is 0.0385. The third-order valence-electron chi connectivity index (χ3n) is 5.15. The molecule has 156 valence electrons. The molecule has 2 heterocycles. The van der Waals surface area contributed by atoms with Gasteiger partial charge in [-0.1, -0.05) is 78.0 Å². The van der Waals surface area contributed by atoms with E-state index in [0.717, 1.165) is 16.7 Å². The lowest BCUT2D eigenvalue weighted by Crippen LogP contribution is -2.27. The van der Waals surface area contributed by atoms with Crippen molar-refractivity contribution in [2.45, 2.75) is 6.54 Å². The fourth-order valence-corrected chi connectivity index (χ4v) is 3.48. The van der Waals surface area contributed by atoms with E-state index in [0.29, 0.717) is 22.4 Å². The molecule has 5 rings (SSSR count). The van der Waals surface area contributed by atoms with E-state index in [4.69, 9.17) is 8.94 Å². The Kier molecular flexibility index (Phi) is 5.09. The van der Waals surface area contributed by atoms with Gasteiger partial charge >= 0.3 is 5.63 Å². The van der Waals surface area contributed by atoms with Crippen LogP contribution in [0.15, 0.2) is 105 Å². The molecule has 0 spiro atoms. The van der Waals surface area contributed by atoms with Crippen LogP contribution < -0.4 is 10.9 Å². The van der Waals surface area contributed by atoms with E-state index in [2.05, 4.69) is 22.6 Å². The number of carbonyl (C=O) groups is 1. The van der Waals surface area contributed by atoms with Gasteiger partial charge in [-0.15, -0.1) is 0 Å². The summed E-state index contributed by atoms with van der Waals surface area (Å²) in [5, 5.41) is 7.40. The highest BCUT2D eigenvalue weighted by atomic mass is 16.5. The lowest BCUT2D eigenvalue weighted by Gasteiger charge is -2.03. The van der Waals surface area contributed by atoms with E-state index < -0.39 is 11.5 Å². The van der Waals surface area contributed by atoms with Gasteiger partial charge in [0.25, 0.3) is 5.91 Å². The van der Waals surface area contributed by atoms with Gasteiger partial charge in [0.2, 0.25) is 0 Å². The first kappa shape index (κ1) is 19.5. The minimum atomic E-state index is -0.680. The van der Waals surface area contributed by atoms with Gasteiger partial charge in [0.15, 0.2) is 5.76 Å². The van der Waals surface area contributed by atoms with Crippen molar-refractivity contribution in [3.05, 3.63) is 113 Å². The SMILES string of the molecule is O=C(NCc1cc(-c2ccc(-c3ccccc3)cc2)on1)c1cc2ccccc2oc1=O. The molecule has 32 heavy (non-hydrogen) atoms. The van der Waals surface area contributed by atoms with Crippen molar-refractivity contribution in [1.29, 1.82) is 0 Å². The van der Waals surface area contributed by atoms with Crippen LogP contribution in [0.4, 0.5) is 0 Å². The molecule has 0 radical (unpaired) electrons. The van der Waals surface area contributed by atoms with Crippen LogP contribution in [0.1, 0.15) is 16.1 Å². The maximum Gasteiger partial charge on any atom is 0.349 e. The van der Waals surface area contributed by atoms with Crippen molar-refractivity contribution < 1.29 is 13.7 Å². The second kappa shape index (κ2) is 8.35. The molecule has 0 saturated carbocycles. The van der Waals surface area contributed by atoms with E-state index in [1.807, 2.05) is 48.5 Å². The molecule has 5 aromatic rings. The van der Waals surface area contributed by atoms with Crippen molar-refractivity contribution in [2.24, 2.45) is 0 Å². The summed E-state index contributed by atoms with van der Waals surface area (Å²) in [7, 11) is 0. The molecule has 0 aliphatic rings. The third kappa shape index (κ3) is 3.94. The summed E-state index contributed by atoms with van der Waals surface area (Å²) in [4.78, 5) is 24.6. The van der Waals surface area contributed by atoms with Gasteiger partial charge in [0.1, 0.15) is 16.8 Å². The molecule has 2 aromatic heterocycles. The van der Waals surface area contributed by atoms with Crippen molar-refractivity contribution >= 4 is 16.9 Å². The summed E-state index contributed by atoms with van der Waals surface area (Å²) in [5.74, 6) is 0.0698. The number of carbonyl (C=O) groups excluding carboxylic acids is 1. The summed E-state index contributed by atoms with van der Waals surface area (Å²) in [6, 6.07) is 28.4. The molecule has 0 fully saturated rings. The summed E-state index contributed by atoms with van der Waals surface area (Å²) in [5.41, 5.74) is 3.38. The van der Waals surface area contributed by atoms with Crippen molar-refractivity contribution in [2.75, 3.05) is 0 Å². The van der Waals surface area contributed by atoms with Crippen molar-refractivity contribution in [3.63, 3.8) is 0 Å². The summed E-state index contributed by atoms with van der Waals surface area (Å²) < 4.78 is 10.7. The zero-order valence-corrected chi connectivity index (χ0v) is 16.9. The third-order valence-corrected chi connectivity index (χ3v) is 5.15. The lowest BCUT2D eigenvalue weighted by atomic mass is 10.0. The fourth-order valence-electron chi connectivity index (χ4n) is 3.48. The predicted octanol–water partition coefficient (Wildman–Crippen LogP) is 5.05. The molecule has 0 bridgehead atoms. The summed E-state index contributed by atoms with van der Waals surface area (Å²) >= 11 is 0. The molecule has 0 atom stereocenters. The van der Waals surface area contributed by atoms with Gasteiger partial charge in [0.05, 0.1) is 6.54 Å². The lowest BCUT2D eigenvalue weighted by molar-refractivity contribution is 0.0946. The molecule has 0 aliphatic heterocycles. The molecular weight excluding hydrogens is 404 g/mol. The van der Waals surface area contributed by atoms with Crippen LogP contribution in [0.2, 0.25) is 0 Å². The van der Waals surface area contributed by atoms with Crippen LogP contribution in [-0.4, -0.2) is 11.1 Å². The second-order valence-corrected chi connectivity index (χ2v) is 7.29. The zero-order chi connectivity index (χ0) is 21.9. The van der Waals surface area contributed by atoms with Crippen LogP contribution in [0.25, 0.3) is 33.4 Å². The molecule has 0 saturated heterocycles. The number of hydrogen-bond donors (Lipinski definition) is 1. The van der Waals surface area contributed by atoms with E-state index in [1.165, 1.54) is 6.07 Å². The molecule has 6 nitrogen and oxygen atoms in total. The highest BCUT2D eigenvalue weighted by Gasteiger charge is 2.15. The first-order chi connectivity index (χ1) is 15.7. The number of hydrogen-bond acceptors (Lipinski definition) is 5. The maximum atomic E-state index is 12.5. The van der Waals surface area contributed by atoms with E-state index in [-0.39, 0.29) is 12.1 Å². The Labute approximate surface area is 183 Å². The molecule has 6 heteroatoms. The highest BCUT2D eigenvalue weighted by Crippen LogP contribution is 2.25. The number of rotatable bonds is 5. The van der Waals surface area contributed by atoms with Gasteiger partial charge in [-0.05, 0) is 23.3 Å². The van der Waals surface area contributed by atoms with Gasteiger partial charge < -0.3 is 14.3 Å². The second-order valence-electron chi connectivity index (χ2n) is 7.29. The molecule has 3 aromatic carbocycles. The summed E-state index contributed by atoms with van der Waals surface area (Å²) in [6.07, 6.45) is 0. The molecule has 1 amide bonds. The smallest absolute Gasteiger partial charge is 0.349 e. The predicted molar refractivity (Wildman–Crippen MR) is 121 cm³/mol. The maximum absolute atomic E-state index is 12.5. The Morgan fingerprint density at radius 1 is 0.812 bits per heavy atom. The van der Waals surface area contributed by atoms with Gasteiger partial charge in [-0.3, -0.25) is 4.79 Å². The number of benzene rings is 3. The molecule has 1 N–H and O–H groups in total. The first-order valence-corrected chi connectivity index (χ1v) is 10.1. The van der Waals surface area contributed by atoms with Gasteiger partial charge in [-0.2, -0.15) is 0 Å². The molecular formula is C26H18N2O4. The van der Waals surface area contributed by atoms with E-state index in [1.54, 1.807) is 24.3 Å². The Bertz CT molecular complexity index is 1450. The molecule has 0 unspecified atom stereocenters. The Morgan fingerprint density at radius 2 is 1.50 bits per heavy atom. The minimum absolute atomic E-state index is 0.0519. The average Bonchev–Trinajstić information content (AvgIpc) is 3.32. The van der Waals surface area contributed by atoms with Crippen LogP contribution in [-0.2, 0) is 6.54 Å². The number of nitrogens with zero attached hydrogens (tertiary/aromatic N) is 1. The number of para-hydroxylation sites is 1. The van der Waals surface area contributed by atoms with Gasteiger partial charge in [0, 0.05) is 17.0 Å². The van der Waals surface area contributed by atoms with Crippen LogP contribution in [0.3, 0.4) is 0 Å². The molecule has 0 aliphatic carbocycles. The minimum Gasteiger partial charge on any atom is -0.422 e. The Hall–Kier alpha value is -4.45. The normalized spacial score (nSPS) is 10.9. The zero-order valence-electron chi connectivity index (χ0n) is 16.9. The number of nitrogens with one attached hydrogen (secondary N) is 1.